The van der Waals surface area contributed by atoms with E-state index in [1.165, 1.54) is 0 Å². The van der Waals surface area contributed by atoms with Gasteiger partial charge >= 0.3 is 0 Å². The molecule has 0 aliphatic heterocycles. The Balaban J connectivity index is 2.28. The zero-order valence-electron chi connectivity index (χ0n) is 10.4. The topological polar surface area (TPSA) is 67.2 Å². The Morgan fingerprint density at radius 3 is 2.63 bits per heavy atom. The molecular formula is C14H14ClN3O. The molecule has 5 heteroatoms. The van der Waals surface area contributed by atoms with Crippen LogP contribution in [0.5, 0.6) is 0 Å². The molecule has 2 aromatic rings. The van der Waals surface area contributed by atoms with Gasteiger partial charge in [0.15, 0.2) is 0 Å². The number of nitrogens with two attached hydrogens (primary N) is 1. The number of hydrogen-bond acceptors (Lipinski definition) is 3. The predicted molar refractivity (Wildman–Crippen MR) is 78.4 cm³/mol. The molecule has 4 nitrogen and oxygen atoms in total. The van der Waals surface area contributed by atoms with E-state index in [4.69, 9.17) is 17.4 Å². The normalized spacial score (nSPS) is 10.1. The van der Waals surface area contributed by atoms with Crippen LogP contribution in [0.15, 0.2) is 42.5 Å². The molecule has 2 rings (SSSR count). The summed E-state index contributed by atoms with van der Waals surface area (Å²) < 4.78 is 0. The van der Waals surface area contributed by atoms with Gasteiger partial charge in [0.25, 0.3) is 5.91 Å². The Kier molecular flexibility index (Phi) is 4.04. The van der Waals surface area contributed by atoms with Crippen molar-refractivity contribution in [1.29, 1.82) is 0 Å². The molecule has 0 bridgehead atoms. The van der Waals surface area contributed by atoms with Crippen molar-refractivity contribution in [3.8, 4) is 0 Å². The summed E-state index contributed by atoms with van der Waals surface area (Å²) in [6, 6.07) is 12.4. The number of nitrogens with one attached hydrogen (secondary N) is 2. The van der Waals surface area contributed by atoms with Gasteiger partial charge in [-0.05, 0) is 36.8 Å². The van der Waals surface area contributed by atoms with Gasteiger partial charge in [-0.15, -0.1) is 0 Å². The van der Waals surface area contributed by atoms with E-state index in [0.29, 0.717) is 22.0 Å². The highest BCUT2D eigenvalue weighted by Crippen LogP contribution is 2.22. The van der Waals surface area contributed by atoms with Crippen molar-refractivity contribution < 1.29 is 4.79 Å². The monoisotopic (exact) mass is 275 g/mol. The van der Waals surface area contributed by atoms with Gasteiger partial charge in [0.1, 0.15) is 0 Å². The maximum absolute atomic E-state index is 12.2. The number of aryl methyl sites for hydroxylation is 1. The molecule has 0 aromatic heterocycles. The fourth-order valence-corrected chi connectivity index (χ4v) is 1.90. The molecule has 98 valence electrons. The highest BCUT2D eigenvalue weighted by molar-refractivity contribution is 6.31. The highest BCUT2D eigenvalue weighted by Gasteiger charge is 2.11. The molecule has 0 fully saturated rings. The first-order chi connectivity index (χ1) is 9.11. The summed E-state index contributed by atoms with van der Waals surface area (Å²) in [6.07, 6.45) is 0. The number of benzene rings is 2. The van der Waals surface area contributed by atoms with Crippen LogP contribution in [0.2, 0.25) is 5.02 Å². The van der Waals surface area contributed by atoms with E-state index in [9.17, 15) is 4.79 Å². The van der Waals surface area contributed by atoms with Crippen LogP contribution >= 0.6 is 11.6 Å². The number of anilines is 2. The molecule has 0 saturated heterocycles. The summed E-state index contributed by atoms with van der Waals surface area (Å²) >= 11 is 5.92. The molecule has 0 atom stereocenters. The number of para-hydroxylation sites is 1. The predicted octanol–water partition coefficient (Wildman–Crippen LogP) is 3.19. The Morgan fingerprint density at radius 1 is 1.16 bits per heavy atom. The minimum absolute atomic E-state index is 0.237. The van der Waals surface area contributed by atoms with Crippen LogP contribution in [0, 0.1) is 6.92 Å². The van der Waals surface area contributed by atoms with Gasteiger partial charge in [-0.1, -0.05) is 29.8 Å². The minimum Gasteiger partial charge on any atom is -0.323 e. The average molecular weight is 276 g/mol. The smallest absolute Gasteiger partial charge is 0.257 e. The van der Waals surface area contributed by atoms with Crippen molar-refractivity contribution in [2.45, 2.75) is 6.92 Å². The van der Waals surface area contributed by atoms with E-state index in [1.807, 2.05) is 13.0 Å². The first kappa shape index (κ1) is 13.4. The number of halogens is 1. The molecule has 4 N–H and O–H groups in total. The molecule has 0 aliphatic rings. The van der Waals surface area contributed by atoms with Crippen LogP contribution in [0.1, 0.15) is 15.9 Å². The lowest BCUT2D eigenvalue weighted by Gasteiger charge is -2.11. The molecule has 0 saturated carbocycles. The van der Waals surface area contributed by atoms with Crippen molar-refractivity contribution in [1.82, 2.24) is 0 Å². The minimum atomic E-state index is -0.237. The summed E-state index contributed by atoms with van der Waals surface area (Å²) in [5.41, 5.74) is 5.17. The largest absolute Gasteiger partial charge is 0.323 e. The fourth-order valence-electron chi connectivity index (χ4n) is 1.73. The number of nitrogen functional groups attached to an aromatic ring is 1. The third-order valence-electron chi connectivity index (χ3n) is 2.78. The molecule has 1 amide bonds. The highest BCUT2D eigenvalue weighted by atomic mass is 35.5. The Hall–Kier alpha value is -2.04. The molecule has 0 radical (unpaired) electrons. The number of carbonyl (C=O) groups excluding carboxylic acids is 1. The van der Waals surface area contributed by atoms with Gasteiger partial charge in [0.2, 0.25) is 0 Å². The van der Waals surface area contributed by atoms with E-state index in [0.717, 1.165) is 5.56 Å². The summed E-state index contributed by atoms with van der Waals surface area (Å²) in [7, 11) is 0. The van der Waals surface area contributed by atoms with Crippen LogP contribution < -0.4 is 16.6 Å². The van der Waals surface area contributed by atoms with Crippen molar-refractivity contribution in [3.63, 3.8) is 0 Å². The molecule has 0 unspecified atom stereocenters. The van der Waals surface area contributed by atoms with Gasteiger partial charge in [0, 0.05) is 10.7 Å². The molecule has 0 heterocycles. The van der Waals surface area contributed by atoms with E-state index in [2.05, 4.69) is 10.7 Å². The molecule has 0 aliphatic carbocycles. The zero-order valence-corrected chi connectivity index (χ0v) is 11.2. The van der Waals surface area contributed by atoms with E-state index >= 15 is 0 Å². The van der Waals surface area contributed by atoms with Crippen LogP contribution in [0.4, 0.5) is 11.4 Å². The van der Waals surface area contributed by atoms with Crippen molar-refractivity contribution in [2.24, 2.45) is 5.84 Å². The lowest BCUT2D eigenvalue weighted by Crippen LogP contribution is -2.17. The molecule has 0 spiro atoms. The lowest BCUT2D eigenvalue weighted by molar-refractivity contribution is 0.102. The molecule has 2 aromatic carbocycles. The second-order valence-electron chi connectivity index (χ2n) is 4.10. The van der Waals surface area contributed by atoms with Crippen molar-refractivity contribution in [2.75, 3.05) is 10.7 Å². The zero-order chi connectivity index (χ0) is 13.8. The van der Waals surface area contributed by atoms with Crippen molar-refractivity contribution in [3.05, 3.63) is 58.6 Å². The quantitative estimate of drug-likeness (QED) is 0.595. The fraction of sp³-hybridized carbons (Fsp3) is 0.0714. The van der Waals surface area contributed by atoms with E-state index in [1.54, 1.807) is 36.4 Å². The van der Waals surface area contributed by atoms with Gasteiger partial charge in [-0.25, -0.2) is 0 Å². The van der Waals surface area contributed by atoms with Gasteiger partial charge in [0.05, 0.1) is 11.3 Å². The number of amides is 1. The first-order valence-corrected chi connectivity index (χ1v) is 6.13. The Morgan fingerprint density at radius 2 is 1.89 bits per heavy atom. The van der Waals surface area contributed by atoms with Gasteiger partial charge in [-0.3, -0.25) is 10.6 Å². The number of rotatable bonds is 3. The maximum atomic E-state index is 12.2. The SMILES string of the molecule is Cc1ccc(Cl)cc1NC(=O)c1ccccc1NN. The van der Waals surface area contributed by atoms with Crippen molar-refractivity contribution >= 4 is 28.9 Å². The van der Waals surface area contributed by atoms with Gasteiger partial charge < -0.3 is 10.7 Å². The van der Waals surface area contributed by atoms with Crippen LogP contribution in [-0.2, 0) is 0 Å². The Bertz CT molecular complexity index is 613. The van der Waals surface area contributed by atoms with Crippen LogP contribution in [0.25, 0.3) is 0 Å². The standard InChI is InChI=1S/C14H14ClN3O/c1-9-6-7-10(15)8-13(9)17-14(19)11-4-2-3-5-12(11)18-16/h2-8,18H,16H2,1H3,(H,17,19). The number of hydrogen-bond donors (Lipinski definition) is 3. The third-order valence-corrected chi connectivity index (χ3v) is 3.01. The van der Waals surface area contributed by atoms with Gasteiger partial charge in [-0.2, -0.15) is 0 Å². The lowest BCUT2D eigenvalue weighted by atomic mass is 10.1. The van der Waals surface area contributed by atoms with Crippen LogP contribution in [-0.4, -0.2) is 5.91 Å². The maximum Gasteiger partial charge on any atom is 0.257 e. The summed E-state index contributed by atoms with van der Waals surface area (Å²) in [6.45, 7) is 1.90. The Labute approximate surface area is 116 Å². The number of hydrazine groups is 1. The van der Waals surface area contributed by atoms with Crippen LogP contribution in [0.3, 0.4) is 0 Å². The summed E-state index contributed by atoms with van der Waals surface area (Å²) in [4.78, 5) is 12.2. The summed E-state index contributed by atoms with van der Waals surface area (Å²) in [5, 5.41) is 3.40. The van der Waals surface area contributed by atoms with E-state index < -0.39 is 0 Å². The van der Waals surface area contributed by atoms with E-state index in [-0.39, 0.29) is 5.91 Å². The molecular weight excluding hydrogens is 262 g/mol. The number of carbonyl (C=O) groups is 1. The second kappa shape index (κ2) is 5.73. The molecule has 19 heavy (non-hydrogen) atoms. The third kappa shape index (κ3) is 3.05. The average Bonchev–Trinajstić information content (AvgIpc) is 2.42. The summed E-state index contributed by atoms with van der Waals surface area (Å²) in [5.74, 6) is 5.15. The second-order valence-corrected chi connectivity index (χ2v) is 4.54. The first-order valence-electron chi connectivity index (χ1n) is 5.75.